The molecule has 1 N–H and O–H groups in total. The Morgan fingerprint density at radius 3 is 2.82 bits per heavy atom. The first-order chi connectivity index (χ1) is 10.5. The Hall–Kier alpha value is -1.33. The second-order valence-corrected chi connectivity index (χ2v) is 6.93. The van der Waals surface area contributed by atoms with Crippen LogP contribution in [-0.4, -0.2) is 29.8 Å². The number of hydrogen-bond donors (Lipinski definition) is 1. The molecule has 2 aromatic heterocycles. The number of nitrogens with zero attached hydrogens (tertiary/aromatic N) is 2. The van der Waals surface area contributed by atoms with Crippen molar-refractivity contribution in [2.24, 2.45) is 5.92 Å². The van der Waals surface area contributed by atoms with E-state index in [1.807, 2.05) is 0 Å². The van der Waals surface area contributed by atoms with Crippen molar-refractivity contribution in [3.63, 3.8) is 0 Å². The number of aromatic nitrogens is 2. The van der Waals surface area contributed by atoms with E-state index >= 15 is 0 Å². The summed E-state index contributed by atoms with van der Waals surface area (Å²) in [6, 6.07) is 2.22. The second kappa shape index (κ2) is 7.79. The van der Waals surface area contributed by atoms with Gasteiger partial charge in [-0.05, 0) is 32.3 Å². The fourth-order valence-corrected chi connectivity index (χ4v) is 3.27. The Balaban J connectivity index is 2.10. The molecular formula is C17H27N3OS. The van der Waals surface area contributed by atoms with Crippen LogP contribution in [0.25, 0.3) is 11.3 Å². The summed E-state index contributed by atoms with van der Waals surface area (Å²) in [7, 11) is 1.74. The Kier molecular flexibility index (Phi) is 6.03. The van der Waals surface area contributed by atoms with Gasteiger partial charge in [-0.3, -0.25) is 0 Å². The number of ether oxygens (including phenoxy) is 1. The van der Waals surface area contributed by atoms with Crippen LogP contribution < -0.4 is 5.32 Å². The van der Waals surface area contributed by atoms with Gasteiger partial charge in [0, 0.05) is 42.5 Å². The number of thiazole rings is 1. The lowest BCUT2D eigenvalue weighted by molar-refractivity contribution is 0.186. The summed E-state index contributed by atoms with van der Waals surface area (Å²) in [6.45, 7) is 11.4. The summed E-state index contributed by atoms with van der Waals surface area (Å²) in [5.74, 6) is 0.714. The molecule has 0 fully saturated rings. The van der Waals surface area contributed by atoms with Crippen LogP contribution in [0.1, 0.15) is 31.7 Å². The van der Waals surface area contributed by atoms with E-state index in [4.69, 9.17) is 9.72 Å². The molecule has 122 valence electrons. The zero-order chi connectivity index (χ0) is 16.1. The van der Waals surface area contributed by atoms with Gasteiger partial charge >= 0.3 is 0 Å². The van der Waals surface area contributed by atoms with Crippen LogP contribution in [0, 0.1) is 19.8 Å². The number of rotatable bonds is 8. The molecule has 22 heavy (non-hydrogen) atoms. The number of hydrogen-bond acceptors (Lipinski definition) is 4. The molecule has 0 aliphatic heterocycles. The molecule has 2 aromatic rings. The summed E-state index contributed by atoms with van der Waals surface area (Å²) in [6.07, 6.45) is 1.17. The topological polar surface area (TPSA) is 39.1 Å². The molecule has 0 unspecified atom stereocenters. The van der Waals surface area contributed by atoms with E-state index in [2.05, 4.69) is 49.0 Å². The standard InChI is InChI=1S/C17H27N3OS/c1-12(2)6-7-18-17-19-16(11-22-17)15-10-13(3)20(14(15)4)8-9-21-5/h10-12H,6-9H2,1-5H3,(H,18,19). The van der Waals surface area contributed by atoms with E-state index in [-0.39, 0.29) is 0 Å². The fraction of sp³-hybridized carbons (Fsp3) is 0.588. The third-order valence-electron chi connectivity index (χ3n) is 3.87. The minimum atomic E-state index is 0.714. The highest BCUT2D eigenvalue weighted by molar-refractivity contribution is 7.14. The van der Waals surface area contributed by atoms with Gasteiger partial charge in [0.25, 0.3) is 0 Å². The molecule has 5 heteroatoms. The van der Waals surface area contributed by atoms with Crippen molar-refractivity contribution < 1.29 is 4.74 Å². The average molecular weight is 321 g/mol. The summed E-state index contributed by atoms with van der Waals surface area (Å²) in [5.41, 5.74) is 4.80. The molecule has 0 aliphatic carbocycles. The maximum atomic E-state index is 5.19. The fourth-order valence-electron chi connectivity index (χ4n) is 2.53. The second-order valence-electron chi connectivity index (χ2n) is 6.08. The van der Waals surface area contributed by atoms with E-state index < -0.39 is 0 Å². The quantitative estimate of drug-likeness (QED) is 0.786. The molecule has 0 saturated carbocycles. The molecular weight excluding hydrogens is 294 g/mol. The zero-order valence-electron chi connectivity index (χ0n) is 14.3. The smallest absolute Gasteiger partial charge is 0.183 e. The summed E-state index contributed by atoms with van der Waals surface area (Å²) < 4.78 is 7.49. The number of aryl methyl sites for hydroxylation is 1. The van der Waals surface area contributed by atoms with E-state index in [9.17, 15) is 0 Å². The van der Waals surface area contributed by atoms with Crippen LogP contribution in [0.4, 0.5) is 5.13 Å². The van der Waals surface area contributed by atoms with Gasteiger partial charge in [-0.1, -0.05) is 13.8 Å². The first-order valence-electron chi connectivity index (χ1n) is 7.88. The maximum absolute atomic E-state index is 5.19. The molecule has 0 spiro atoms. The minimum Gasteiger partial charge on any atom is -0.383 e. The number of nitrogens with one attached hydrogen (secondary N) is 1. The van der Waals surface area contributed by atoms with Crippen LogP contribution in [-0.2, 0) is 11.3 Å². The van der Waals surface area contributed by atoms with Crippen molar-refractivity contribution in [3.05, 3.63) is 22.8 Å². The molecule has 4 nitrogen and oxygen atoms in total. The molecule has 2 heterocycles. The maximum Gasteiger partial charge on any atom is 0.183 e. The van der Waals surface area contributed by atoms with E-state index in [1.165, 1.54) is 23.4 Å². The van der Waals surface area contributed by atoms with Gasteiger partial charge in [-0.25, -0.2) is 4.98 Å². The molecule has 2 rings (SSSR count). The molecule has 0 radical (unpaired) electrons. The van der Waals surface area contributed by atoms with Gasteiger partial charge in [0.2, 0.25) is 0 Å². The van der Waals surface area contributed by atoms with Gasteiger partial charge in [0.1, 0.15) is 0 Å². The van der Waals surface area contributed by atoms with Crippen molar-refractivity contribution in [2.45, 2.75) is 40.7 Å². The number of anilines is 1. The van der Waals surface area contributed by atoms with E-state index in [0.717, 1.165) is 30.5 Å². The Bertz CT molecular complexity index is 601. The lowest BCUT2D eigenvalue weighted by Crippen LogP contribution is -2.07. The lowest BCUT2D eigenvalue weighted by atomic mass is 10.1. The zero-order valence-corrected chi connectivity index (χ0v) is 15.1. The molecule has 0 aliphatic rings. The largest absolute Gasteiger partial charge is 0.383 e. The predicted octanol–water partition coefficient (Wildman–Crippen LogP) is 4.33. The third kappa shape index (κ3) is 4.11. The first kappa shape index (κ1) is 17.0. The monoisotopic (exact) mass is 321 g/mol. The molecule has 0 atom stereocenters. The normalized spacial score (nSPS) is 11.4. The van der Waals surface area contributed by atoms with Crippen molar-refractivity contribution in [2.75, 3.05) is 25.6 Å². The van der Waals surface area contributed by atoms with Gasteiger partial charge in [0.05, 0.1) is 12.3 Å². The van der Waals surface area contributed by atoms with Crippen LogP contribution in [0.15, 0.2) is 11.4 Å². The van der Waals surface area contributed by atoms with Gasteiger partial charge in [0.15, 0.2) is 5.13 Å². The van der Waals surface area contributed by atoms with Crippen molar-refractivity contribution in [1.82, 2.24) is 9.55 Å². The van der Waals surface area contributed by atoms with Crippen LogP contribution in [0.2, 0.25) is 0 Å². The highest BCUT2D eigenvalue weighted by Gasteiger charge is 2.13. The average Bonchev–Trinajstić information content (AvgIpc) is 3.02. The Morgan fingerprint density at radius 2 is 2.14 bits per heavy atom. The summed E-state index contributed by atoms with van der Waals surface area (Å²) in [5, 5.41) is 6.57. The third-order valence-corrected chi connectivity index (χ3v) is 4.67. The van der Waals surface area contributed by atoms with Gasteiger partial charge in [-0.2, -0.15) is 0 Å². The van der Waals surface area contributed by atoms with Crippen LogP contribution >= 0.6 is 11.3 Å². The van der Waals surface area contributed by atoms with Crippen LogP contribution in [0.5, 0.6) is 0 Å². The highest BCUT2D eigenvalue weighted by Crippen LogP contribution is 2.29. The first-order valence-corrected chi connectivity index (χ1v) is 8.76. The Morgan fingerprint density at radius 1 is 1.36 bits per heavy atom. The molecule has 0 saturated heterocycles. The lowest BCUT2D eigenvalue weighted by Gasteiger charge is -2.08. The summed E-state index contributed by atoms with van der Waals surface area (Å²) >= 11 is 1.68. The Labute approximate surface area is 137 Å². The van der Waals surface area contributed by atoms with Gasteiger partial charge < -0.3 is 14.6 Å². The summed E-state index contributed by atoms with van der Waals surface area (Å²) in [4.78, 5) is 4.74. The molecule has 0 aromatic carbocycles. The SMILES string of the molecule is COCCn1c(C)cc(-c2csc(NCCC(C)C)n2)c1C. The predicted molar refractivity (Wildman–Crippen MR) is 94.8 cm³/mol. The van der Waals surface area contributed by atoms with Crippen molar-refractivity contribution >= 4 is 16.5 Å². The van der Waals surface area contributed by atoms with E-state index in [0.29, 0.717) is 5.92 Å². The van der Waals surface area contributed by atoms with Crippen molar-refractivity contribution in [1.29, 1.82) is 0 Å². The molecule has 0 bridgehead atoms. The highest BCUT2D eigenvalue weighted by atomic mass is 32.1. The van der Waals surface area contributed by atoms with Gasteiger partial charge in [-0.15, -0.1) is 11.3 Å². The minimum absolute atomic E-state index is 0.714. The number of methoxy groups -OCH3 is 1. The van der Waals surface area contributed by atoms with E-state index in [1.54, 1.807) is 18.4 Å². The van der Waals surface area contributed by atoms with Crippen molar-refractivity contribution in [3.8, 4) is 11.3 Å². The molecule has 0 amide bonds. The van der Waals surface area contributed by atoms with Crippen LogP contribution in [0.3, 0.4) is 0 Å².